The number of carbonyl (C=O) groups excluding carboxylic acids is 2. The Morgan fingerprint density at radius 3 is 2.40 bits per heavy atom. The van der Waals surface area contributed by atoms with E-state index in [9.17, 15) is 9.59 Å². The maximum absolute atomic E-state index is 12.8. The largest absolute Gasteiger partial charge is 0.337 e. The van der Waals surface area contributed by atoms with Crippen LogP contribution >= 0.6 is 0 Å². The van der Waals surface area contributed by atoms with E-state index in [0.717, 1.165) is 51.7 Å². The van der Waals surface area contributed by atoms with E-state index in [2.05, 4.69) is 11.9 Å². The number of rotatable bonds is 1. The van der Waals surface area contributed by atoms with E-state index in [1.807, 2.05) is 9.80 Å². The summed E-state index contributed by atoms with van der Waals surface area (Å²) in [5, 5.41) is 0. The lowest BCUT2D eigenvalue weighted by molar-refractivity contribution is -0.144. The molecule has 0 bridgehead atoms. The number of nitrogens with zero attached hydrogens (tertiary/aromatic N) is 3. The molecule has 0 N–H and O–H groups in total. The van der Waals surface area contributed by atoms with Gasteiger partial charge in [-0.3, -0.25) is 9.59 Å². The standard InChI is InChI=1S/C15H25N3O2/c1-16-9-5-12(6-10-16)17-11-7-14(19)18-8-3-2-4-13(18)15(17)20/h12-13H,2-11H2,1H3. The SMILES string of the molecule is CN1CCC(N2CCC(=O)N3CCCCC3C2=O)CC1. The van der Waals surface area contributed by atoms with Crippen LogP contribution in [0.2, 0.25) is 0 Å². The first-order valence-electron chi connectivity index (χ1n) is 7.95. The molecule has 3 heterocycles. The van der Waals surface area contributed by atoms with Crippen molar-refractivity contribution in [1.82, 2.24) is 14.7 Å². The summed E-state index contributed by atoms with van der Waals surface area (Å²) >= 11 is 0. The van der Waals surface area contributed by atoms with Crippen LogP contribution in [0.25, 0.3) is 0 Å². The molecule has 20 heavy (non-hydrogen) atoms. The molecule has 1 unspecified atom stereocenters. The second-order valence-corrected chi connectivity index (χ2v) is 6.41. The average molecular weight is 279 g/mol. The van der Waals surface area contributed by atoms with Crippen molar-refractivity contribution in [3.05, 3.63) is 0 Å². The predicted octanol–water partition coefficient (Wildman–Crippen LogP) is 0.694. The minimum atomic E-state index is -0.168. The van der Waals surface area contributed by atoms with Crippen molar-refractivity contribution in [2.75, 3.05) is 33.2 Å². The van der Waals surface area contributed by atoms with Crippen molar-refractivity contribution >= 4 is 11.8 Å². The highest BCUT2D eigenvalue weighted by molar-refractivity contribution is 5.90. The summed E-state index contributed by atoms with van der Waals surface area (Å²) in [6, 6.07) is 0.173. The van der Waals surface area contributed by atoms with E-state index >= 15 is 0 Å². The Labute approximate surface area is 120 Å². The third kappa shape index (κ3) is 2.55. The van der Waals surface area contributed by atoms with Gasteiger partial charge in [-0.25, -0.2) is 0 Å². The Morgan fingerprint density at radius 1 is 0.900 bits per heavy atom. The third-order valence-corrected chi connectivity index (χ3v) is 5.09. The van der Waals surface area contributed by atoms with Crippen LogP contribution in [0, 0.1) is 0 Å². The van der Waals surface area contributed by atoms with Gasteiger partial charge < -0.3 is 14.7 Å². The Kier molecular flexibility index (Phi) is 3.96. The first-order chi connectivity index (χ1) is 9.66. The van der Waals surface area contributed by atoms with Gasteiger partial charge in [-0.2, -0.15) is 0 Å². The molecule has 5 heteroatoms. The van der Waals surface area contributed by atoms with Gasteiger partial charge >= 0.3 is 0 Å². The average Bonchev–Trinajstić information content (AvgIpc) is 2.60. The molecule has 1 atom stereocenters. The third-order valence-electron chi connectivity index (χ3n) is 5.09. The van der Waals surface area contributed by atoms with Gasteiger partial charge in [0, 0.05) is 25.6 Å². The van der Waals surface area contributed by atoms with Gasteiger partial charge in [0.2, 0.25) is 11.8 Å². The molecule has 3 aliphatic rings. The van der Waals surface area contributed by atoms with Gasteiger partial charge in [0.25, 0.3) is 0 Å². The highest BCUT2D eigenvalue weighted by Crippen LogP contribution is 2.26. The summed E-state index contributed by atoms with van der Waals surface area (Å²) in [6.45, 7) is 3.50. The quantitative estimate of drug-likeness (QED) is 0.709. The van der Waals surface area contributed by atoms with Crippen molar-refractivity contribution in [2.45, 2.75) is 50.6 Å². The lowest BCUT2D eigenvalue weighted by Gasteiger charge is -2.39. The molecule has 3 rings (SSSR count). The Hall–Kier alpha value is -1.10. The highest BCUT2D eigenvalue weighted by Gasteiger charge is 2.40. The summed E-state index contributed by atoms with van der Waals surface area (Å²) in [5.74, 6) is 0.392. The van der Waals surface area contributed by atoms with Crippen LogP contribution in [0.4, 0.5) is 0 Å². The molecule has 0 aromatic carbocycles. The number of piperidine rings is 2. The summed E-state index contributed by atoms with van der Waals surface area (Å²) in [6.07, 6.45) is 5.57. The minimum absolute atomic E-state index is 0.168. The number of hydrogen-bond donors (Lipinski definition) is 0. The van der Waals surface area contributed by atoms with Gasteiger partial charge in [-0.1, -0.05) is 0 Å². The Bertz CT molecular complexity index is 391. The molecule has 0 aliphatic carbocycles. The van der Waals surface area contributed by atoms with Crippen LogP contribution in [0.1, 0.15) is 38.5 Å². The topological polar surface area (TPSA) is 43.9 Å². The number of fused-ring (bicyclic) bond motifs is 1. The van der Waals surface area contributed by atoms with E-state index < -0.39 is 0 Å². The zero-order chi connectivity index (χ0) is 14.1. The molecule has 3 aliphatic heterocycles. The van der Waals surface area contributed by atoms with Gasteiger partial charge in [0.1, 0.15) is 6.04 Å². The van der Waals surface area contributed by atoms with Gasteiger partial charge in [0.15, 0.2) is 0 Å². The lowest BCUT2D eigenvalue weighted by Crippen LogP contribution is -2.53. The Morgan fingerprint density at radius 2 is 1.65 bits per heavy atom. The summed E-state index contributed by atoms with van der Waals surface area (Å²) in [4.78, 5) is 31.2. The molecular weight excluding hydrogens is 254 g/mol. The van der Waals surface area contributed by atoms with Crippen molar-refractivity contribution in [2.24, 2.45) is 0 Å². The van der Waals surface area contributed by atoms with E-state index in [0.29, 0.717) is 19.0 Å². The van der Waals surface area contributed by atoms with Crippen LogP contribution in [0.15, 0.2) is 0 Å². The second-order valence-electron chi connectivity index (χ2n) is 6.41. The van der Waals surface area contributed by atoms with Crippen molar-refractivity contribution in [3.8, 4) is 0 Å². The molecule has 3 fully saturated rings. The van der Waals surface area contributed by atoms with Crippen molar-refractivity contribution in [1.29, 1.82) is 0 Å². The van der Waals surface area contributed by atoms with E-state index in [-0.39, 0.29) is 17.9 Å². The fourth-order valence-electron chi connectivity index (χ4n) is 3.82. The van der Waals surface area contributed by atoms with Crippen LogP contribution in [0.3, 0.4) is 0 Å². The number of carbonyl (C=O) groups is 2. The number of amides is 2. The molecule has 0 spiro atoms. The summed E-state index contributed by atoms with van der Waals surface area (Å²) < 4.78 is 0. The molecule has 112 valence electrons. The first kappa shape index (κ1) is 13.9. The second kappa shape index (κ2) is 5.72. The zero-order valence-electron chi connectivity index (χ0n) is 12.4. The fraction of sp³-hybridized carbons (Fsp3) is 0.867. The maximum atomic E-state index is 12.8. The zero-order valence-corrected chi connectivity index (χ0v) is 12.4. The van der Waals surface area contributed by atoms with Crippen LogP contribution in [0.5, 0.6) is 0 Å². The summed E-state index contributed by atoms with van der Waals surface area (Å²) in [5.41, 5.74) is 0. The number of hydrogen-bond acceptors (Lipinski definition) is 3. The Balaban J connectivity index is 1.75. The molecule has 0 aromatic rings. The fourth-order valence-corrected chi connectivity index (χ4v) is 3.82. The maximum Gasteiger partial charge on any atom is 0.245 e. The van der Waals surface area contributed by atoms with Gasteiger partial charge in [-0.05, 0) is 52.2 Å². The number of likely N-dealkylation sites (tertiary alicyclic amines) is 1. The van der Waals surface area contributed by atoms with Crippen molar-refractivity contribution in [3.63, 3.8) is 0 Å². The first-order valence-corrected chi connectivity index (χ1v) is 7.95. The lowest BCUT2D eigenvalue weighted by atomic mass is 9.99. The molecular formula is C15H25N3O2. The van der Waals surface area contributed by atoms with Crippen molar-refractivity contribution < 1.29 is 9.59 Å². The molecule has 0 saturated carbocycles. The van der Waals surface area contributed by atoms with Crippen LogP contribution in [-0.2, 0) is 9.59 Å². The minimum Gasteiger partial charge on any atom is -0.337 e. The molecule has 3 saturated heterocycles. The van der Waals surface area contributed by atoms with Crippen LogP contribution in [-0.4, -0.2) is 71.8 Å². The van der Waals surface area contributed by atoms with Gasteiger partial charge in [-0.15, -0.1) is 0 Å². The van der Waals surface area contributed by atoms with E-state index in [1.54, 1.807) is 0 Å². The monoisotopic (exact) mass is 279 g/mol. The normalized spacial score (nSPS) is 30.4. The molecule has 2 amide bonds. The smallest absolute Gasteiger partial charge is 0.245 e. The highest BCUT2D eigenvalue weighted by atomic mass is 16.2. The molecule has 0 radical (unpaired) electrons. The van der Waals surface area contributed by atoms with Crippen LogP contribution < -0.4 is 0 Å². The van der Waals surface area contributed by atoms with E-state index in [4.69, 9.17) is 0 Å². The van der Waals surface area contributed by atoms with Gasteiger partial charge in [0.05, 0.1) is 0 Å². The molecule has 0 aromatic heterocycles. The van der Waals surface area contributed by atoms with E-state index in [1.165, 1.54) is 0 Å². The predicted molar refractivity (Wildman–Crippen MR) is 76.2 cm³/mol. The summed E-state index contributed by atoms with van der Waals surface area (Å²) in [7, 11) is 2.13. The molecule has 5 nitrogen and oxygen atoms in total.